The van der Waals surface area contributed by atoms with Crippen molar-refractivity contribution >= 4 is 17.5 Å². The minimum atomic E-state index is -0.182. The Balaban J connectivity index is 2.06. The summed E-state index contributed by atoms with van der Waals surface area (Å²) >= 11 is 6.12. The van der Waals surface area contributed by atoms with Gasteiger partial charge in [0.15, 0.2) is 0 Å². The summed E-state index contributed by atoms with van der Waals surface area (Å²) in [6.07, 6.45) is 0. The summed E-state index contributed by atoms with van der Waals surface area (Å²) in [6.45, 7) is 4.34. The molecule has 2 rings (SSSR count). The molecule has 0 saturated heterocycles. The van der Waals surface area contributed by atoms with Crippen molar-refractivity contribution < 1.29 is 14.3 Å². The molecule has 23 heavy (non-hydrogen) atoms. The summed E-state index contributed by atoms with van der Waals surface area (Å²) in [5.74, 6) is 1.18. The molecule has 0 radical (unpaired) electrons. The van der Waals surface area contributed by atoms with E-state index in [-0.39, 0.29) is 11.9 Å². The van der Waals surface area contributed by atoms with E-state index in [9.17, 15) is 4.79 Å². The van der Waals surface area contributed by atoms with Crippen LogP contribution >= 0.6 is 11.6 Å². The van der Waals surface area contributed by atoms with Gasteiger partial charge in [-0.25, -0.2) is 0 Å². The molecule has 2 aromatic rings. The van der Waals surface area contributed by atoms with Gasteiger partial charge in [-0.2, -0.15) is 0 Å². The van der Waals surface area contributed by atoms with Crippen LogP contribution in [0, 0.1) is 0 Å². The predicted molar refractivity (Wildman–Crippen MR) is 91.5 cm³/mol. The molecule has 1 N–H and O–H groups in total. The Bertz CT molecular complexity index is 670. The molecular weight excluding hydrogens is 314 g/mol. The van der Waals surface area contributed by atoms with Gasteiger partial charge in [0.1, 0.15) is 11.5 Å². The van der Waals surface area contributed by atoms with Crippen molar-refractivity contribution in [3.05, 3.63) is 58.6 Å². The molecule has 0 heterocycles. The third kappa shape index (κ3) is 4.39. The van der Waals surface area contributed by atoms with E-state index in [1.807, 2.05) is 38.1 Å². The molecule has 0 saturated carbocycles. The minimum Gasteiger partial charge on any atom is -0.497 e. The lowest BCUT2D eigenvalue weighted by Crippen LogP contribution is -2.26. The first-order valence-electron chi connectivity index (χ1n) is 7.42. The van der Waals surface area contributed by atoms with Crippen LogP contribution in [0.15, 0.2) is 42.5 Å². The summed E-state index contributed by atoms with van der Waals surface area (Å²) in [4.78, 5) is 12.3. The van der Waals surface area contributed by atoms with Crippen molar-refractivity contribution in [2.24, 2.45) is 0 Å². The van der Waals surface area contributed by atoms with Crippen molar-refractivity contribution in [2.45, 2.75) is 19.9 Å². The fraction of sp³-hybridized carbons (Fsp3) is 0.278. The highest BCUT2D eigenvalue weighted by atomic mass is 35.5. The Hall–Kier alpha value is -2.20. The molecule has 0 aliphatic carbocycles. The summed E-state index contributed by atoms with van der Waals surface area (Å²) in [7, 11) is 1.62. The number of amides is 1. The van der Waals surface area contributed by atoms with Crippen molar-refractivity contribution in [1.29, 1.82) is 0 Å². The number of rotatable bonds is 6. The van der Waals surface area contributed by atoms with Gasteiger partial charge in [-0.1, -0.05) is 23.7 Å². The first-order valence-corrected chi connectivity index (χ1v) is 7.80. The molecule has 1 amide bonds. The van der Waals surface area contributed by atoms with Gasteiger partial charge in [-0.15, -0.1) is 0 Å². The van der Waals surface area contributed by atoms with Gasteiger partial charge in [0.25, 0.3) is 5.91 Å². The largest absolute Gasteiger partial charge is 0.497 e. The molecular formula is C18H20ClNO3. The van der Waals surface area contributed by atoms with Crippen LogP contribution in [-0.2, 0) is 0 Å². The van der Waals surface area contributed by atoms with Crippen molar-refractivity contribution in [2.75, 3.05) is 13.7 Å². The Kier molecular flexibility index (Phi) is 5.88. The zero-order valence-corrected chi connectivity index (χ0v) is 14.2. The molecule has 0 unspecified atom stereocenters. The quantitative estimate of drug-likeness (QED) is 0.860. The number of methoxy groups -OCH3 is 1. The van der Waals surface area contributed by atoms with Gasteiger partial charge in [0.05, 0.1) is 24.8 Å². The van der Waals surface area contributed by atoms with Gasteiger partial charge in [-0.3, -0.25) is 4.79 Å². The molecule has 0 spiro atoms. The lowest BCUT2D eigenvalue weighted by Gasteiger charge is -2.15. The molecule has 4 nitrogen and oxygen atoms in total. The Morgan fingerprint density at radius 2 is 1.91 bits per heavy atom. The van der Waals surface area contributed by atoms with Crippen LogP contribution in [0.1, 0.15) is 35.8 Å². The lowest BCUT2D eigenvalue weighted by atomic mass is 10.1. The molecule has 0 aliphatic heterocycles. The highest BCUT2D eigenvalue weighted by Crippen LogP contribution is 2.26. The predicted octanol–water partition coefficient (Wildman–Crippen LogP) is 4.24. The normalized spacial score (nSPS) is 11.7. The highest BCUT2D eigenvalue weighted by molar-refractivity contribution is 6.32. The van der Waals surface area contributed by atoms with Crippen LogP contribution in [0.4, 0.5) is 0 Å². The number of carbonyl (C=O) groups excluding carboxylic acids is 1. The summed E-state index contributed by atoms with van der Waals surface area (Å²) in [5, 5.41) is 3.38. The number of ether oxygens (including phenoxy) is 2. The smallest absolute Gasteiger partial charge is 0.251 e. The van der Waals surface area contributed by atoms with E-state index in [2.05, 4.69) is 5.32 Å². The Labute approximate surface area is 141 Å². The maximum absolute atomic E-state index is 12.3. The zero-order chi connectivity index (χ0) is 16.8. The Morgan fingerprint density at radius 3 is 2.48 bits per heavy atom. The molecule has 2 aromatic carbocycles. The standard InChI is InChI=1S/C18H20ClNO3/c1-4-23-17-10-7-14(11-16(17)19)18(21)20-12(2)13-5-8-15(22-3)9-6-13/h5-12H,4H2,1-3H3,(H,20,21)/t12-/m1/s1. The lowest BCUT2D eigenvalue weighted by molar-refractivity contribution is 0.0940. The average molecular weight is 334 g/mol. The van der Waals surface area contributed by atoms with Gasteiger partial charge in [0.2, 0.25) is 0 Å². The van der Waals surface area contributed by atoms with Crippen LogP contribution in [0.25, 0.3) is 0 Å². The van der Waals surface area contributed by atoms with E-state index < -0.39 is 0 Å². The van der Waals surface area contributed by atoms with Gasteiger partial charge < -0.3 is 14.8 Å². The molecule has 0 aliphatic rings. The monoisotopic (exact) mass is 333 g/mol. The zero-order valence-electron chi connectivity index (χ0n) is 13.4. The van der Waals surface area contributed by atoms with E-state index in [4.69, 9.17) is 21.1 Å². The molecule has 1 atom stereocenters. The van der Waals surface area contributed by atoms with Gasteiger partial charge >= 0.3 is 0 Å². The molecule has 0 bridgehead atoms. The first-order chi connectivity index (χ1) is 11.0. The number of halogens is 1. The van der Waals surface area contributed by atoms with E-state index in [1.54, 1.807) is 25.3 Å². The second kappa shape index (κ2) is 7.88. The molecule has 0 aromatic heterocycles. The van der Waals surface area contributed by atoms with Crippen molar-refractivity contribution in [3.63, 3.8) is 0 Å². The maximum atomic E-state index is 12.3. The fourth-order valence-corrected chi connectivity index (χ4v) is 2.41. The molecule has 122 valence electrons. The van der Waals surface area contributed by atoms with E-state index in [0.29, 0.717) is 22.9 Å². The number of benzene rings is 2. The van der Waals surface area contributed by atoms with Crippen LogP contribution in [0.3, 0.4) is 0 Å². The minimum absolute atomic E-state index is 0.126. The topological polar surface area (TPSA) is 47.6 Å². The number of hydrogen-bond donors (Lipinski definition) is 1. The van der Waals surface area contributed by atoms with Gasteiger partial charge in [-0.05, 0) is 49.7 Å². The fourth-order valence-electron chi connectivity index (χ4n) is 2.17. The van der Waals surface area contributed by atoms with E-state index in [0.717, 1.165) is 11.3 Å². The first kappa shape index (κ1) is 17.2. The summed E-state index contributed by atoms with van der Waals surface area (Å²) in [5.41, 5.74) is 1.50. The highest BCUT2D eigenvalue weighted by Gasteiger charge is 2.13. The van der Waals surface area contributed by atoms with Crippen LogP contribution in [0.2, 0.25) is 5.02 Å². The van der Waals surface area contributed by atoms with Crippen molar-refractivity contribution in [3.8, 4) is 11.5 Å². The average Bonchev–Trinajstić information content (AvgIpc) is 2.56. The van der Waals surface area contributed by atoms with Crippen LogP contribution < -0.4 is 14.8 Å². The summed E-state index contributed by atoms with van der Waals surface area (Å²) < 4.78 is 10.5. The van der Waals surface area contributed by atoms with Gasteiger partial charge in [0, 0.05) is 5.56 Å². The van der Waals surface area contributed by atoms with E-state index in [1.165, 1.54) is 0 Å². The Morgan fingerprint density at radius 1 is 1.22 bits per heavy atom. The number of nitrogens with one attached hydrogen (secondary N) is 1. The summed E-state index contributed by atoms with van der Waals surface area (Å²) in [6, 6.07) is 12.5. The number of hydrogen-bond acceptors (Lipinski definition) is 3. The molecule has 5 heteroatoms. The van der Waals surface area contributed by atoms with Crippen molar-refractivity contribution in [1.82, 2.24) is 5.32 Å². The second-order valence-corrected chi connectivity index (χ2v) is 5.45. The second-order valence-electron chi connectivity index (χ2n) is 5.05. The van der Waals surface area contributed by atoms with Crippen LogP contribution in [-0.4, -0.2) is 19.6 Å². The third-order valence-corrected chi connectivity index (χ3v) is 3.75. The number of carbonyl (C=O) groups is 1. The van der Waals surface area contributed by atoms with Crippen LogP contribution in [0.5, 0.6) is 11.5 Å². The maximum Gasteiger partial charge on any atom is 0.251 e. The SMILES string of the molecule is CCOc1ccc(C(=O)N[C@H](C)c2ccc(OC)cc2)cc1Cl. The third-order valence-electron chi connectivity index (χ3n) is 3.46. The molecule has 0 fully saturated rings. The van der Waals surface area contributed by atoms with E-state index >= 15 is 0 Å².